The Labute approximate surface area is 307 Å². The average Bonchev–Trinajstić information content (AvgIpc) is 3.82. The summed E-state index contributed by atoms with van der Waals surface area (Å²) in [6, 6.07) is 2.79. The fraction of sp³-hybridized carbons (Fsp3) is 0.472. The van der Waals surface area contributed by atoms with Gasteiger partial charge >= 0.3 is 6.18 Å². The number of benzene rings is 1. The molecule has 2 fully saturated rings. The molecule has 1 aliphatic carbocycles. The van der Waals surface area contributed by atoms with E-state index >= 15 is 0 Å². The monoisotopic (exact) mass is 751 g/mol. The lowest BCUT2D eigenvalue weighted by Crippen LogP contribution is -2.51. The third-order valence-electron chi connectivity index (χ3n) is 10.4. The molecule has 2 N–H and O–H groups in total. The lowest BCUT2D eigenvalue weighted by Gasteiger charge is -2.36. The summed E-state index contributed by atoms with van der Waals surface area (Å²) >= 11 is 0. The maximum atomic E-state index is 14.4. The summed E-state index contributed by atoms with van der Waals surface area (Å²) in [5.41, 5.74) is 0.263. The van der Waals surface area contributed by atoms with Gasteiger partial charge < -0.3 is 34.3 Å². The lowest BCUT2D eigenvalue weighted by atomic mass is 9.83. The number of alkyl halides is 3. The van der Waals surface area contributed by atoms with E-state index in [1.165, 1.54) is 22.9 Å². The van der Waals surface area contributed by atoms with Crippen LogP contribution in [0.15, 0.2) is 35.4 Å². The van der Waals surface area contributed by atoms with Crippen molar-refractivity contribution < 1.29 is 37.3 Å². The number of nitrogens with zero attached hydrogens (tertiary/aromatic N) is 8. The average molecular weight is 752 g/mol. The first kappa shape index (κ1) is 36.8. The van der Waals surface area contributed by atoms with Crippen molar-refractivity contribution in [2.24, 2.45) is 0 Å². The van der Waals surface area contributed by atoms with Crippen LogP contribution in [0.2, 0.25) is 0 Å². The predicted molar refractivity (Wildman–Crippen MR) is 190 cm³/mol. The minimum atomic E-state index is -4.61. The number of anilines is 2. The summed E-state index contributed by atoms with van der Waals surface area (Å²) in [5, 5.41) is 17.7. The first-order valence-corrected chi connectivity index (χ1v) is 17.8. The van der Waals surface area contributed by atoms with Gasteiger partial charge in [-0.15, -0.1) is 5.10 Å². The van der Waals surface area contributed by atoms with E-state index in [1.54, 1.807) is 11.5 Å². The van der Waals surface area contributed by atoms with Crippen molar-refractivity contribution in [3.8, 4) is 11.5 Å². The molecule has 286 valence electrons. The van der Waals surface area contributed by atoms with Gasteiger partial charge in [-0.25, -0.2) is 9.97 Å². The summed E-state index contributed by atoms with van der Waals surface area (Å²) in [7, 11) is 1.21. The van der Waals surface area contributed by atoms with Gasteiger partial charge in [-0.05, 0) is 69.2 Å². The SMILES string of the molecule is CCc1c(N2CCN(C(=O)c3ncnc(C)c3O)CC2)c(=O)n2nc(C3=CCC4(CCCO4)CC3)nc2n1CC(=O)Nc1ccc(C(F)(F)F)cc1OC. The second-order valence-corrected chi connectivity index (χ2v) is 13.7. The highest BCUT2D eigenvalue weighted by Crippen LogP contribution is 2.41. The molecule has 4 aromatic rings. The summed E-state index contributed by atoms with van der Waals surface area (Å²) in [6.45, 7) is 4.67. The summed E-state index contributed by atoms with van der Waals surface area (Å²) in [4.78, 5) is 57.5. The summed E-state index contributed by atoms with van der Waals surface area (Å²) < 4.78 is 54.2. The fourth-order valence-corrected chi connectivity index (χ4v) is 7.47. The second kappa shape index (κ2) is 14.4. The van der Waals surface area contributed by atoms with E-state index in [0.717, 1.165) is 49.6 Å². The van der Waals surface area contributed by atoms with E-state index in [2.05, 4.69) is 26.5 Å². The highest BCUT2D eigenvalue weighted by Gasteiger charge is 2.38. The molecule has 7 rings (SSSR count). The first-order valence-electron chi connectivity index (χ1n) is 17.8. The number of methoxy groups -OCH3 is 1. The molecule has 1 unspecified atom stereocenters. The number of piperazine rings is 1. The van der Waals surface area contributed by atoms with Crippen molar-refractivity contribution in [2.45, 2.75) is 70.7 Å². The molecule has 3 aromatic heterocycles. The number of amides is 2. The number of aryl methyl sites for hydroxylation is 1. The van der Waals surface area contributed by atoms with Gasteiger partial charge in [0.15, 0.2) is 17.3 Å². The Balaban J connectivity index is 1.23. The molecule has 0 radical (unpaired) electrons. The van der Waals surface area contributed by atoms with Crippen LogP contribution in [0.5, 0.6) is 11.5 Å². The van der Waals surface area contributed by atoms with Crippen LogP contribution in [0.4, 0.5) is 24.5 Å². The van der Waals surface area contributed by atoms with Crippen molar-refractivity contribution in [1.29, 1.82) is 0 Å². The number of aromatic nitrogens is 6. The Bertz CT molecular complexity index is 2200. The van der Waals surface area contributed by atoms with E-state index in [0.29, 0.717) is 30.8 Å². The molecule has 2 amide bonds. The zero-order chi connectivity index (χ0) is 38.4. The lowest BCUT2D eigenvalue weighted by molar-refractivity contribution is -0.137. The van der Waals surface area contributed by atoms with Gasteiger partial charge in [-0.2, -0.15) is 22.7 Å². The number of ether oxygens (including phenoxy) is 2. The fourth-order valence-electron chi connectivity index (χ4n) is 7.47. The molecule has 3 aliphatic rings. The minimum absolute atomic E-state index is 0.0362. The normalized spacial score (nSPS) is 19.0. The molecule has 0 bridgehead atoms. The topological polar surface area (TPSA) is 169 Å². The number of carbonyl (C=O) groups is 2. The molecule has 5 heterocycles. The molecule has 2 aliphatic heterocycles. The van der Waals surface area contributed by atoms with E-state index in [4.69, 9.17) is 14.5 Å². The van der Waals surface area contributed by atoms with Crippen LogP contribution in [-0.4, -0.2) is 96.5 Å². The standard InChI is InChI=1S/C36H40F3N9O6/c1-4-25-29(45-13-15-46(16-14-45)32(51)28-30(50)21(2)40-20-41-28)33(52)48-34(43-31(44-48)22-8-11-35(12-9-22)10-5-17-54-35)47(25)19-27(49)42-24-7-6-23(36(37,38)39)18-26(24)53-3/h6-8,18,20,50H,4-5,9-17,19H2,1-3H3,(H,42,49). The number of aromatic hydroxyl groups is 1. The second-order valence-electron chi connectivity index (χ2n) is 13.7. The largest absolute Gasteiger partial charge is 0.504 e. The molecule has 54 heavy (non-hydrogen) atoms. The number of fused-ring (bicyclic) bond motifs is 1. The molecule has 0 saturated carbocycles. The van der Waals surface area contributed by atoms with Crippen molar-refractivity contribution in [3.63, 3.8) is 0 Å². The molecule has 1 spiro atoms. The minimum Gasteiger partial charge on any atom is -0.504 e. The van der Waals surface area contributed by atoms with Gasteiger partial charge in [0.05, 0.1) is 35.3 Å². The first-order chi connectivity index (χ1) is 25.8. The highest BCUT2D eigenvalue weighted by atomic mass is 19.4. The Morgan fingerprint density at radius 1 is 1.13 bits per heavy atom. The van der Waals surface area contributed by atoms with Gasteiger partial charge in [-0.1, -0.05) is 13.0 Å². The van der Waals surface area contributed by atoms with Gasteiger partial charge in [0.1, 0.15) is 24.3 Å². The number of rotatable bonds is 8. The van der Waals surface area contributed by atoms with Crippen LogP contribution < -0.4 is 20.5 Å². The van der Waals surface area contributed by atoms with Gasteiger partial charge in [0, 0.05) is 32.8 Å². The van der Waals surface area contributed by atoms with E-state index in [9.17, 15) is 32.7 Å². The van der Waals surface area contributed by atoms with Crippen LogP contribution in [0.1, 0.15) is 72.3 Å². The number of hydrogen-bond donors (Lipinski definition) is 2. The van der Waals surface area contributed by atoms with Crippen LogP contribution in [0, 0.1) is 6.92 Å². The zero-order valence-electron chi connectivity index (χ0n) is 30.1. The van der Waals surface area contributed by atoms with E-state index in [1.807, 2.05) is 11.8 Å². The van der Waals surface area contributed by atoms with Gasteiger partial charge in [0.2, 0.25) is 11.7 Å². The molecular weight excluding hydrogens is 711 g/mol. The Morgan fingerprint density at radius 2 is 1.91 bits per heavy atom. The Hall–Kier alpha value is -5.52. The van der Waals surface area contributed by atoms with E-state index < -0.39 is 29.1 Å². The van der Waals surface area contributed by atoms with E-state index in [-0.39, 0.29) is 78.4 Å². The third kappa shape index (κ3) is 6.85. The summed E-state index contributed by atoms with van der Waals surface area (Å²) in [5.74, 6) is -1.05. The number of carbonyl (C=O) groups excluding carboxylic acids is 2. The number of allylic oxidation sites excluding steroid dienone is 1. The van der Waals surface area contributed by atoms with Crippen molar-refractivity contribution >= 4 is 34.5 Å². The molecule has 15 nitrogen and oxygen atoms in total. The Kier molecular flexibility index (Phi) is 9.80. The van der Waals surface area contributed by atoms with Crippen LogP contribution in [0.25, 0.3) is 11.4 Å². The van der Waals surface area contributed by atoms with Crippen molar-refractivity contribution in [3.05, 3.63) is 69.4 Å². The third-order valence-corrected chi connectivity index (χ3v) is 10.4. The van der Waals surface area contributed by atoms with Gasteiger partial charge in [0.25, 0.3) is 11.5 Å². The van der Waals surface area contributed by atoms with Gasteiger partial charge in [-0.3, -0.25) is 14.4 Å². The maximum Gasteiger partial charge on any atom is 0.416 e. The summed E-state index contributed by atoms with van der Waals surface area (Å²) in [6.07, 6.45) is 3.06. The van der Waals surface area contributed by atoms with Crippen LogP contribution in [0.3, 0.4) is 0 Å². The smallest absolute Gasteiger partial charge is 0.416 e. The number of nitrogens with one attached hydrogen (secondary N) is 1. The quantitative estimate of drug-likeness (QED) is 0.267. The van der Waals surface area contributed by atoms with Crippen molar-refractivity contribution in [2.75, 3.05) is 50.1 Å². The maximum absolute atomic E-state index is 14.4. The highest BCUT2D eigenvalue weighted by molar-refractivity contribution is 5.95. The molecule has 1 atom stereocenters. The van der Waals surface area contributed by atoms with Crippen molar-refractivity contribution in [1.82, 2.24) is 34.0 Å². The number of halogens is 3. The van der Waals surface area contributed by atoms with Crippen LogP contribution >= 0.6 is 0 Å². The molecule has 18 heteroatoms. The molecule has 2 saturated heterocycles. The Morgan fingerprint density at radius 3 is 2.56 bits per heavy atom. The number of hydrogen-bond acceptors (Lipinski definition) is 11. The molecule has 1 aromatic carbocycles. The molecular formula is C36H40F3N9O6. The zero-order valence-corrected chi connectivity index (χ0v) is 30.1. The predicted octanol–water partition coefficient (Wildman–Crippen LogP) is 4.00. The van der Waals surface area contributed by atoms with Crippen LogP contribution in [-0.2, 0) is 28.7 Å².